The van der Waals surface area contributed by atoms with E-state index in [0.717, 1.165) is 36.4 Å². The molecule has 1 atom stereocenters. The molecule has 0 bridgehead atoms. The Labute approximate surface area is 152 Å². The molecule has 2 heterocycles. The zero-order chi connectivity index (χ0) is 18.1. The van der Waals surface area contributed by atoms with Gasteiger partial charge in [-0.05, 0) is 17.7 Å². The largest absolute Gasteiger partial charge is 0.492 e. The minimum Gasteiger partial charge on any atom is -0.492 e. The highest BCUT2D eigenvalue weighted by Gasteiger charge is 2.33. The van der Waals surface area contributed by atoms with Crippen LogP contribution in [-0.2, 0) is 19.5 Å². The van der Waals surface area contributed by atoms with E-state index in [-0.39, 0.29) is 12.7 Å². The lowest BCUT2D eigenvalue weighted by molar-refractivity contribution is -0.895. The molecule has 0 saturated heterocycles. The number of benzene rings is 2. The van der Waals surface area contributed by atoms with E-state index in [4.69, 9.17) is 14.2 Å². The molecule has 2 aromatic rings. The Morgan fingerprint density at radius 2 is 1.96 bits per heavy atom. The summed E-state index contributed by atoms with van der Waals surface area (Å²) in [5.74, 6) is 2.03. The lowest BCUT2D eigenvalue weighted by Crippen LogP contribution is -3.08. The van der Waals surface area contributed by atoms with E-state index in [2.05, 4.69) is 12.4 Å². The molecule has 1 unspecified atom stereocenters. The van der Waals surface area contributed by atoms with Crippen molar-refractivity contribution in [2.24, 2.45) is 0 Å². The molecule has 0 radical (unpaired) electrons. The number of likely N-dealkylation sites (N-methyl/N-ethyl adjacent to an activating group) is 1. The maximum absolute atomic E-state index is 12.4. The lowest BCUT2D eigenvalue weighted by atomic mass is 9.92. The second-order valence-electron chi connectivity index (χ2n) is 6.72. The van der Waals surface area contributed by atoms with Crippen molar-refractivity contribution in [2.75, 3.05) is 27.5 Å². The molecular formula is C20H23N2O4+. The van der Waals surface area contributed by atoms with E-state index in [1.165, 1.54) is 10.5 Å². The fourth-order valence-corrected chi connectivity index (χ4v) is 3.74. The molecule has 0 saturated carbocycles. The summed E-state index contributed by atoms with van der Waals surface area (Å²) in [6.07, 6.45) is 0.921. The maximum Gasteiger partial charge on any atom is 0.251 e. The molecule has 0 aliphatic carbocycles. The predicted octanol–water partition coefficient (Wildman–Crippen LogP) is 0.925. The Hall–Kier alpha value is -2.73. The van der Waals surface area contributed by atoms with E-state index in [1.54, 1.807) is 19.2 Å². The number of methoxy groups -OCH3 is 1. The highest BCUT2D eigenvalue weighted by Crippen LogP contribution is 2.48. The van der Waals surface area contributed by atoms with Crippen LogP contribution in [0.1, 0.15) is 27.0 Å². The van der Waals surface area contributed by atoms with Gasteiger partial charge in [0.2, 0.25) is 12.5 Å². The van der Waals surface area contributed by atoms with E-state index in [0.29, 0.717) is 23.6 Å². The number of nitrogens with one attached hydrogen (secondary N) is 2. The van der Waals surface area contributed by atoms with Crippen molar-refractivity contribution < 1.29 is 23.9 Å². The van der Waals surface area contributed by atoms with Gasteiger partial charge >= 0.3 is 0 Å². The van der Waals surface area contributed by atoms with E-state index >= 15 is 0 Å². The van der Waals surface area contributed by atoms with Crippen LogP contribution < -0.4 is 24.4 Å². The number of rotatable bonds is 4. The van der Waals surface area contributed by atoms with Crippen LogP contribution >= 0.6 is 0 Å². The van der Waals surface area contributed by atoms with Crippen LogP contribution in [0.5, 0.6) is 17.2 Å². The molecule has 2 aromatic carbocycles. The van der Waals surface area contributed by atoms with E-state index in [9.17, 15) is 4.79 Å². The number of amides is 1. The quantitative estimate of drug-likeness (QED) is 0.856. The minimum absolute atomic E-state index is 0.0959. The molecule has 26 heavy (non-hydrogen) atoms. The van der Waals surface area contributed by atoms with Crippen molar-refractivity contribution in [1.82, 2.24) is 5.32 Å². The first-order valence-electron chi connectivity index (χ1n) is 8.83. The summed E-state index contributed by atoms with van der Waals surface area (Å²) in [6.45, 7) is 2.49. The molecule has 1 amide bonds. The number of quaternary nitrogens is 1. The topological polar surface area (TPSA) is 61.2 Å². The van der Waals surface area contributed by atoms with Gasteiger partial charge in [-0.1, -0.05) is 18.2 Å². The molecule has 0 fully saturated rings. The molecule has 0 spiro atoms. The van der Waals surface area contributed by atoms with Crippen LogP contribution in [0.15, 0.2) is 30.3 Å². The van der Waals surface area contributed by atoms with Gasteiger partial charge in [0, 0.05) is 24.1 Å². The Bertz CT molecular complexity index is 836. The fraction of sp³-hybridized carbons (Fsp3) is 0.350. The fourth-order valence-electron chi connectivity index (χ4n) is 3.74. The number of fused-ring (bicyclic) bond motifs is 2. The van der Waals surface area contributed by atoms with Crippen molar-refractivity contribution >= 4 is 5.91 Å². The summed E-state index contributed by atoms with van der Waals surface area (Å²) >= 11 is 0. The molecule has 136 valence electrons. The molecule has 6 heteroatoms. The third kappa shape index (κ3) is 2.86. The smallest absolute Gasteiger partial charge is 0.251 e. The lowest BCUT2D eigenvalue weighted by Gasteiger charge is -2.27. The van der Waals surface area contributed by atoms with Gasteiger partial charge in [0.1, 0.15) is 6.54 Å². The average molecular weight is 355 g/mol. The first-order valence-corrected chi connectivity index (χ1v) is 8.83. The van der Waals surface area contributed by atoms with Gasteiger partial charge in [-0.25, -0.2) is 0 Å². The van der Waals surface area contributed by atoms with Gasteiger partial charge < -0.3 is 24.4 Å². The predicted molar refractivity (Wildman–Crippen MR) is 95.9 cm³/mol. The summed E-state index contributed by atoms with van der Waals surface area (Å²) in [6, 6.07) is 9.23. The first-order chi connectivity index (χ1) is 12.7. The number of carbonyl (C=O) groups is 1. The van der Waals surface area contributed by atoms with Crippen molar-refractivity contribution in [2.45, 2.75) is 19.5 Å². The number of hydrogen-bond acceptors (Lipinski definition) is 4. The van der Waals surface area contributed by atoms with E-state index in [1.807, 2.05) is 18.2 Å². The molecule has 4 rings (SSSR count). The number of hydrogen-bond donors (Lipinski definition) is 2. The zero-order valence-corrected chi connectivity index (χ0v) is 15.1. The summed E-state index contributed by atoms with van der Waals surface area (Å²) in [4.78, 5) is 13.9. The highest BCUT2D eigenvalue weighted by molar-refractivity contribution is 5.94. The molecular weight excluding hydrogens is 332 g/mol. The van der Waals surface area contributed by atoms with Gasteiger partial charge in [0.05, 0.1) is 26.3 Å². The highest BCUT2D eigenvalue weighted by atomic mass is 16.7. The van der Waals surface area contributed by atoms with Crippen LogP contribution in [0.25, 0.3) is 0 Å². The second-order valence-corrected chi connectivity index (χ2v) is 6.72. The molecule has 2 N–H and O–H groups in total. The van der Waals surface area contributed by atoms with Crippen LogP contribution in [-0.4, -0.2) is 33.4 Å². The Morgan fingerprint density at radius 1 is 1.19 bits per heavy atom. The van der Waals surface area contributed by atoms with Gasteiger partial charge in [-0.2, -0.15) is 0 Å². The van der Waals surface area contributed by atoms with Crippen molar-refractivity contribution in [3.8, 4) is 17.2 Å². The van der Waals surface area contributed by atoms with Crippen LogP contribution in [0.2, 0.25) is 0 Å². The Morgan fingerprint density at radius 3 is 2.73 bits per heavy atom. The number of carbonyl (C=O) groups excluding carboxylic acids is 1. The van der Waals surface area contributed by atoms with Crippen molar-refractivity contribution in [3.05, 3.63) is 52.6 Å². The summed E-state index contributed by atoms with van der Waals surface area (Å²) in [7, 11) is 3.84. The molecule has 2 aliphatic heterocycles. The zero-order valence-electron chi connectivity index (χ0n) is 15.1. The van der Waals surface area contributed by atoms with E-state index < -0.39 is 0 Å². The normalized spacial score (nSPS) is 17.5. The summed E-state index contributed by atoms with van der Waals surface area (Å²) in [5.41, 5.74) is 4.02. The van der Waals surface area contributed by atoms with Gasteiger partial charge in [-0.3, -0.25) is 4.79 Å². The summed E-state index contributed by atoms with van der Waals surface area (Å²) in [5, 5.41) is 3.02. The summed E-state index contributed by atoms with van der Waals surface area (Å²) < 4.78 is 17.1. The monoisotopic (exact) mass is 355 g/mol. The Kier molecular flexibility index (Phi) is 4.42. The first kappa shape index (κ1) is 16.7. The maximum atomic E-state index is 12.4. The van der Waals surface area contributed by atoms with Crippen molar-refractivity contribution in [3.63, 3.8) is 0 Å². The number of ether oxygens (including phenoxy) is 3. The molecule has 6 nitrogen and oxygen atoms in total. The molecule has 0 aromatic heterocycles. The average Bonchev–Trinajstić information content (AvgIpc) is 3.15. The minimum atomic E-state index is -0.0959. The van der Waals surface area contributed by atoms with Gasteiger partial charge in [0.25, 0.3) is 5.91 Å². The van der Waals surface area contributed by atoms with Crippen LogP contribution in [0, 0.1) is 0 Å². The molecule has 2 aliphatic rings. The Balaban J connectivity index is 1.69. The third-order valence-corrected chi connectivity index (χ3v) is 5.04. The van der Waals surface area contributed by atoms with Crippen LogP contribution in [0.3, 0.4) is 0 Å². The van der Waals surface area contributed by atoms with Gasteiger partial charge in [-0.15, -0.1) is 0 Å². The standard InChI is InChI=1S/C20H22N2O4/c1-22-9-8-14-15(10-21-20(23)13-6-4-3-5-7-13)18-19(26-12-25-18)17(24-2)16(14)11-22/h3-7H,8-12H2,1-2H3,(H,21,23)/p+1. The SMILES string of the molecule is COc1c2c(c(CNC(=O)c3ccccc3)c3c1OCO3)CC[NH+](C)C2. The second kappa shape index (κ2) is 6.88. The van der Waals surface area contributed by atoms with Gasteiger partial charge in [0.15, 0.2) is 11.5 Å². The van der Waals surface area contributed by atoms with Crippen molar-refractivity contribution in [1.29, 1.82) is 0 Å². The third-order valence-electron chi connectivity index (χ3n) is 5.04. The van der Waals surface area contributed by atoms with Crippen LogP contribution in [0.4, 0.5) is 0 Å².